The van der Waals surface area contributed by atoms with Crippen molar-refractivity contribution in [1.29, 1.82) is 0 Å². The Labute approximate surface area is 807 Å². The summed E-state index contributed by atoms with van der Waals surface area (Å²) in [5, 5.41) is 72.0. The van der Waals surface area contributed by atoms with Gasteiger partial charge in [-0.3, -0.25) is 91.1 Å². The van der Waals surface area contributed by atoms with Crippen LogP contribution >= 0.6 is 11.8 Å². The van der Waals surface area contributed by atoms with Crippen molar-refractivity contribution in [2.75, 3.05) is 65.4 Å². The molecule has 3 fully saturated rings. The summed E-state index contributed by atoms with van der Waals surface area (Å²) in [5.41, 5.74) is 13.6. The summed E-state index contributed by atoms with van der Waals surface area (Å²) in [6.45, 7) is 2.61. The van der Waals surface area contributed by atoms with Crippen LogP contribution in [0.4, 0.5) is 0 Å². The lowest BCUT2D eigenvalue weighted by molar-refractivity contribution is -0.149. The molecule has 0 spiro atoms. The summed E-state index contributed by atoms with van der Waals surface area (Å²) in [7, 11) is 5.55. The van der Waals surface area contributed by atoms with E-state index in [0.29, 0.717) is 77.1 Å². The molecule has 139 heavy (non-hydrogen) atoms. The Balaban J connectivity index is 1.12. The van der Waals surface area contributed by atoms with Gasteiger partial charge in [0.1, 0.15) is 96.9 Å². The number of para-hydroxylation sites is 2. The minimum Gasteiger partial charge on any atom is -0.508 e. The summed E-state index contributed by atoms with van der Waals surface area (Å²) >= 11 is 0.773. The smallest absolute Gasteiger partial charge is 0.323 e. The van der Waals surface area contributed by atoms with E-state index in [-0.39, 0.29) is 95.2 Å². The number of hydrogen-bond donors (Lipinski definition) is 19. The summed E-state index contributed by atoms with van der Waals surface area (Å²) in [6.07, 6.45) is 4.30. The van der Waals surface area contributed by atoms with Crippen LogP contribution in [0, 0.1) is 0 Å². The van der Waals surface area contributed by atoms with Crippen LogP contribution in [0.25, 0.3) is 21.8 Å². The first kappa shape index (κ1) is 109. The van der Waals surface area contributed by atoms with E-state index >= 15 is 43.2 Å². The predicted molar refractivity (Wildman–Crippen MR) is 508 cm³/mol. The molecular weight excluding hydrogens is 1820 g/mol. The Hall–Kier alpha value is -14.0. The number of carboxylic acid groups (broad SMARTS) is 2. The zero-order chi connectivity index (χ0) is 101. The minimum absolute atomic E-state index is 0.0199. The summed E-state index contributed by atoms with van der Waals surface area (Å²) in [6, 6.07) is -3.39. The van der Waals surface area contributed by atoms with E-state index in [1.807, 2.05) is 13.8 Å². The number of fused-ring (bicyclic) bond motifs is 4. The number of primary amides is 2. The first-order valence-electron chi connectivity index (χ1n) is 46.5. The monoisotopic (exact) mass is 1950 g/mol. The maximum absolute atomic E-state index is 15.9. The Kier molecular flexibility index (Phi) is 41.1. The van der Waals surface area contributed by atoms with Gasteiger partial charge in [0.05, 0.1) is 31.7 Å². The molecule has 14 atom stereocenters. The number of carbonyl (C=O) groups excluding carboxylic acids is 17. The molecule has 0 saturated carbocycles. The SMILES string of the molecule is BNCCCC[C@@H]1NC(=O)[C@H](CCCC)N(C)C(=O)[C@H](CCCC)N(C)C(=O)[C@H](Cc2cn(CC(=O)O)c3ccccc23)NC(=O)[C@H](CO)NC(=O)[C@H](Cc2c[nH]c3ccccc23)NC(=O)[C@@H]2CCCN2C(=O)[C@H](CCC(=O)O)NC(=O)[C@H](Cc2cnc[nH]2)NC(=O)[C@@H]2CCCN2C(=O)[C@H](CC(N)=O)NC(=O)[C@H](C)N(C)C(=O)[C@H](Cc2ccc(O)cc2)NC(=O)CSC[C@@H](C(=O)NCC(N)=O)NC1=O. The highest BCUT2D eigenvalue weighted by molar-refractivity contribution is 8.00. The van der Waals surface area contributed by atoms with E-state index in [9.17, 15) is 68.4 Å². The van der Waals surface area contributed by atoms with Crippen molar-refractivity contribution in [3.05, 3.63) is 120 Å². The predicted octanol–water partition coefficient (Wildman–Crippen LogP) is -3.48. The highest BCUT2D eigenvalue weighted by Gasteiger charge is 2.46. The zero-order valence-electron chi connectivity index (χ0n) is 78.9. The van der Waals surface area contributed by atoms with Crippen LogP contribution < -0.4 is 69.9 Å². The normalized spacial score (nSPS) is 23.8. The number of phenols is 1. The summed E-state index contributed by atoms with van der Waals surface area (Å²) in [5.74, 6) is -20.3. The van der Waals surface area contributed by atoms with Crippen molar-refractivity contribution < 1.29 is 112 Å². The number of aromatic hydroxyl groups is 1. The fourth-order valence-corrected chi connectivity index (χ4v) is 18.1. The van der Waals surface area contributed by atoms with Gasteiger partial charge >= 0.3 is 11.9 Å². The van der Waals surface area contributed by atoms with Gasteiger partial charge in [0.25, 0.3) is 0 Å². The molecule has 0 unspecified atom stereocenters. The third-order valence-electron chi connectivity index (χ3n) is 24.9. The molecule has 3 saturated heterocycles. The van der Waals surface area contributed by atoms with Gasteiger partial charge in [0, 0.05) is 118 Å². The molecule has 17 amide bonds. The number of carboxylic acids is 2. The number of unbranched alkanes of at least 4 members (excludes halogenated alkanes) is 3. The van der Waals surface area contributed by atoms with E-state index in [2.05, 4.69) is 73.3 Å². The van der Waals surface area contributed by atoms with E-state index in [4.69, 9.17) is 11.5 Å². The maximum Gasteiger partial charge on any atom is 0.323 e. The number of likely N-dealkylation sites (N-methyl/N-ethyl adjacent to an activating group) is 3. The number of amides is 17. The highest BCUT2D eigenvalue weighted by Crippen LogP contribution is 2.29. The first-order chi connectivity index (χ1) is 66.3. The molecule has 3 aliphatic rings. The number of aromatic nitrogens is 4. The lowest BCUT2D eigenvalue weighted by atomic mass is 10.00. The average molecular weight is 1950 g/mol. The number of thioether (sulfide) groups is 1. The lowest BCUT2D eigenvalue weighted by Gasteiger charge is -2.36. The number of nitrogens with one attached hydrogen (secondary N) is 13. The fourth-order valence-electron chi connectivity index (χ4n) is 17.2. The molecule has 0 aliphatic carbocycles. The number of carbonyl (C=O) groups is 19. The number of imidazole rings is 1. The Morgan fingerprint density at radius 2 is 1.09 bits per heavy atom. The fraction of sp³-hybridized carbons (Fsp3) is 0.522. The molecule has 9 rings (SSSR count). The average Bonchev–Trinajstić information content (AvgIpc) is 1.29. The molecule has 0 bridgehead atoms. The van der Waals surface area contributed by atoms with Crippen LogP contribution in [0.3, 0.4) is 0 Å². The number of nitrogens with zero attached hydrogens (tertiary/aromatic N) is 7. The molecule has 3 aromatic heterocycles. The van der Waals surface area contributed by atoms with Gasteiger partial charge in [0.2, 0.25) is 100 Å². The van der Waals surface area contributed by atoms with E-state index in [1.54, 1.807) is 62.7 Å². The third kappa shape index (κ3) is 30.5. The number of H-pyrrole nitrogens is 2. The number of rotatable bonds is 30. The molecule has 21 N–H and O–H groups in total. The summed E-state index contributed by atoms with van der Waals surface area (Å²) in [4.78, 5) is 291. The van der Waals surface area contributed by atoms with Crippen molar-refractivity contribution in [3.63, 3.8) is 0 Å². The van der Waals surface area contributed by atoms with Gasteiger partial charge in [-0.05, 0) is 119 Å². The van der Waals surface area contributed by atoms with Crippen LogP contribution in [0.2, 0.25) is 0 Å². The van der Waals surface area contributed by atoms with Gasteiger partial charge in [-0.15, -0.1) is 11.8 Å². The molecule has 6 aromatic rings. The number of hydrogen-bond acceptors (Lipinski definition) is 24. The number of aromatic amines is 2. The van der Waals surface area contributed by atoms with Gasteiger partial charge in [0.15, 0.2) is 7.98 Å². The Morgan fingerprint density at radius 3 is 1.70 bits per heavy atom. The first-order valence-corrected chi connectivity index (χ1v) is 47.6. The quantitative estimate of drug-likeness (QED) is 0.0154. The van der Waals surface area contributed by atoms with E-state index < -0.39 is 254 Å². The van der Waals surface area contributed by atoms with Gasteiger partial charge in [-0.25, -0.2) is 4.98 Å². The molecule has 47 heteroatoms. The lowest BCUT2D eigenvalue weighted by Crippen LogP contribution is -2.61. The Bertz CT molecular complexity index is 5390. The van der Waals surface area contributed by atoms with Crippen LogP contribution in [0.1, 0.15) is 146 Å². The number of benzene rings is 3. The van der Waals surface area contributed by atoms with Crippen molar-refractivity contribution in [2.24, 2.45) is 11.5 Å². The summed E-state index contributed by atoms with van der Waals surface area (Å²) < 4.78 is 1.41. The molecule has 0 radical (unpaired) electrons. The second kappa shape index (κ2) is 52.5. The number of aliphatic hydroxyl groups is 1. The number of aliphatic carboxylic acids is 2. The van der Waals surface area contributed by atoms with Crippen molar-refractivity contribution in [3.8, 4) is 5.75 Å². The number of nitrogens with two attached hydrogens (primary N) is 2. The molecule has 752 valence electrons. The van der Waals surface area contributed by atoms with Gasteiger partial charge in [-0.2, -0.15) is 0 Å². The van der Waals surface area contributed by atoms with Crippen LogP contribution in [-0.4, -0.2) is 335 Å². The molecule has 3 aromatic carbocycles. The van der Waals surface area contributed by atoms with Gasteiger partial charge in [-0.1, -0.05) is 88.1 Å². The van der Waals surface area contributed by atoms with E-state index in [1.165, 1.54) is 75.6 Å². The van der Waals surface area contributed by atoms with Crippen LogP contribution in [0.5, 0.6) is 5.75 Å². The van der Waals surface area contributed by atoms with Crippen LogP contribution in [-0.2, 0) is 123 Å². The largest absolute Gasteiger partial charge is 0.508 e. The number of aliphatic hydroxyl groups excluding tert-OH is 1. The van der Waals surface area contributed by atoms with Crippen molar-refractivity contribution in [2.45, 2.75) is 240 Å². The number of phenolic OH excluding ortho intramolecular Hbond substituents is 1. The second-order valence-corrected chi connectivity index (χ2v) is 36.1. The maximum atomic E-state index is 15.9. The van der Waals surface area contributed by atoms with Crippen molar-refractivity contribution in [1.82, 2.24) is 102 Å². The molecular formula is C92H127BN22O23S. The molecule has 3 aliphatic heterocycles. The highest BCUT2D eigenvalue weighted by atomic mass is 32.2. The zero-order valence-corrected chi connectivity index (χ0v) is 79.7. The van der Waals surface area contributed by atoms with Crippen LogP contribution in [0.15, 0.2) is 97.7 Å². The van der Waals surface area contributed by atoms with Crippen molar-refractivity contribution >= 4 is 154 Å². The van der Waals surface area contributed by atoms with E-state index in [0.717, 1.165) is 36.3 Å². The second-order valence-electron chi connectivity index (χ2n) is 35.0. The van der Waals surface area contributed by atoms with Gasteiger partial charge < -0.3 is 129 Å². The molecule has 45 nitrogen and oxygen atoms in total. The standard InChI is InChI=1S/C92H127BN22O23S/c1-7-9-23-70-85(131)102-60(22-15-16-34-100-93)81(127)109-68(80(126)98-44-75(95)119)48-139-49-76(120)101-64(37-52-28-30-56(117)31-29-52)88(134)110(4)51(3)79(125)106-66(41-74(94)118)91(137)115-36-18-27-72(115)87(133)105-63(40-55-43-96-50-99-55)83(129)103-61(32-33-77(121)122)90(136)114-35-17-26-71(114)86(132)104-62(38-53-42-97-59-21-13-11-19-57(53)59)82(128)108-67(47-116)84(130)107-65(89(135)112(6)73(24-10-8-2)92(138)111(70)5)39-54-45-113(46-78(123)124)69-25-14-12-20-58(54)69/h11-14,19-21,25,28-31,42-43,45,50-51,60-68,70-73,97,100,116-117H,7-10,15-18,22-24,26-27,32-41,44,46-49,93H2,1-6H3,(H2,94,118)(H2,95,119)(H,96,99)(H,98,126)(H,101,120)(H,102,131)(H,103,129)(H,104,132)(H,105,133)(H,106,125)(H,107,130)(H,108,128)(H,109,127)(H,121,122)(H,123,124)/t51-,60-,61-,62-,63-,64-,65-,66-,67-,68-,70-,71-,72-,73-/m0/s1. The molecule has 6 heterocycles. The topological polar surface area (TPSA) is 655 Å². The minimum atomic E-state index is -1.96. The Morgan fingerprint density at radius 1 is 0.532 bits per heavy atom. The third-order valence-corrected chi connectivity index (χ3v) is 26.0.